The maximum Gasteiger partial charge on any atom is 0.277 e. The molecular weight excluding hydrogens is 374 g/mol. The summed E-state index contributed by atoms with van der Waals surface area (Å²) in [5, 5.41) is 11.0. The van der Waals surface area contributed by atoms with Gasteiger partial charge in [0.1, 0.15) is 0 Å². The van der Waals surface area contributed by atoms with Crippen LogP contribution in [0.5, 0.6) is 0 Å². The van der Waals surface area contributed by atoms with Gasteiger partial charge >= 0.3 is 0 Å². The van der Waals surface area contributed by atoms with Crippen molar-refractivity contribution in [1.82, 2.24) is 10.2 Å². The van der Waals surface area contributed by atoms with E-state index in [9.17, 15) is 9.59 Å². The number of thioether (sulfide) groups is 1. The number of hydrogen-bond donors (Lipinski definition) is 1. The summed E-state index contributed by atoms with van der Waals surface area (Å²) in [4.78, 5) is 25.0. The first-order valence-electron chi connectivity index (χ1n) is 7.65. The molecule has 8 heteroatoms. The zero-order valence-electron chi connectivity index (χ0n) is 13.7. The highest BCUT2D eigenvalue weighted by molar-refractivity contribution is 7.99. The van der Waals surface area contributed by atoms with Crippen molar-refractivity contribution in [1.29, 1.82) is 0 Å². The number of nitrogens with zero attached hydrogens (tertiary/aromatic N) is 2. The first kappa shape index (κ1) is 18.2. The van der Waals surface area contributed by atoms with Gasteiger partial charge < -0.3 is 9.73 Å². The average Bonchev–Trinajstić information content (AvgIpc) is 3.07. The number of carbonyl (C=O) groups excluding carboxylic acids is 2. The fourth-order valence-electron chi connectivity index (χ4n) is 2.21. The second-order valence-corrected chi connectivity index (χ2v) is 6.67. The van der Waals surface area contributed by atoms with Gasteiger partial charge in [-0.15, -0.1) is 10.2 Å². The molecule has 132 valence electrons. The summed E-state index contributed by atoms with van der Waals surface area (Å²) in [7, 11) is 0. The van der Waals surface area contributed by atoms with Crippen molar-refractivity contribution in [2.75, 3.05) is 11.1 Å². The van der Waals surface area contributed by atoms with Crippen LogP contribution in [0.4, 0.5) is 5.69 Å². The minimum absolute atomic E-state index is 0.0726. The smallest absolute Gasteiger partial charge is 0.277 e. The second-order valence-electron chi connectivity index (χ2n) is 5.31. The van der Waals surface area contributed by atoms with E-state index in [-0.39, 0.29) is 17.4 Å². The standard InChI is InChI=1S/C18H14ClN3O3S/c1-11-21-22-18(25-11)26-10-16(23)20-15-8-7-13(19)9-14(15)17(24)12-5-3-2-4-6-12/h2-9H,10H2,1H3,(H,20,23). The lowest BCUT2D eigenvalue weighted by atomic mass is 10.0. The molecule has 1 heterocycles. The Balaban J connectivity index is 1.75. The molecule has 1 aromatic heterocycles. The molecule has 6 nitrogen and oxygen atoms in total. The highest BCUT2D eigenvalue weighted by Crippen LogP contribution is 2.24. The van der Waals surface area contributed by atoms with Crippen LogP contribution in [0.2, 0.25) is 5.02 Å². The number of benzene rings is 2. The largest absolute Gasteiger partial charge is 0.416 e. The Bertz CT molecular complexity index is 944. The van der Waals surface area contributed by atoms with Gasteiger partial charge in [-0.25, -0.2) is 0 Å². The first-order valence-corrected chi connectivity index (χ1v) is 9.01. The summed E-state index contributed by atoms with van der Waals surface area (Å²) >= 11 is 7.15. The van der Waals surface area contributed by atoms with Gasteiger partial charge in [-0.3, -0.25) is 9.59 Å². The van der Waals surface area contributed by atoms with E-state index in [0.29, 0.717) is 33.0 Å². The van der Waals surface area contributed by atoms with E-state index in [1.54, 1.807) is 49.4 Å². The summed E-state index contributed by atoms with van der Waals surface area (Å²) < 4.78 is 5.21. The topological polar surface area (TPSA) is 85.1 Å². The average molecular weight is 388 g/mol. The maximum absolute atomic E-state index is 12.7. The number of amides is 1. The Morgan fingerprint density at radius 3 is 2.62 bits per heavy atom. The van der Waals surface area contributed by atoms with Crippen LogP contribution >= 0.6 is 23.4 Å². The summed E-state index contributed by atoms with van der Waals surface area (Å²) in [6.45, 7) is 1.67. The highest BCUT2D eigenvalue weighted by Gasteiger charge is 2.16. The quantitative estimate of drug-likeness (QED) is 0.508. The fourth-order valence-corrected chi connectivity index (χ4v) is 2.99. The van der Waals surface area contributed by atoms with Crippen molar-refractivity contribution in [3.8, 4) is 0 Å². The predicted octanol–water partition coefficient (Wildman–Crippen LogP) is 3.99. The monoisotopic (exact) mass is 387 g/mol. The highest BCUT2D eigenvalue weighted by atomic mass is 35.5. The zero-order chi connectivity index (χ0) is 18.5. The molecule has 26 heavy (non-hydrogen) atoms. The van der Waals surface area contributed by atoms with Crippen LogP contribution in [0.1, 0.15) is 21.8 Å². The fraction of sp³-hybridized carbons (Fsp3) is 0.111. The Morgan fingerprint density at radius 1 is 1.15 bits per heavy atom. The number of rotatable bonds is 6. The summed E-state index contributed by atoms with van der Waals surface area (Å²) in [5.74, 6) is -0.0105. The minimum Gasteiger partial charge on any atom is -0.416 e. The molecule has 0 unspecified atom stereocenters. The van der Waals surface area contributed by atoms with Crippen molar-refractivity contribution >= 4 is 40.7 Å². The Hall–Kier alpha value is -2.64. The molecule has 3 aromatic rings. The lowest BCUT2D eigenvalue weighted by Gasteiger charge is -2.11. The molecule has 0 aliphatic heterocycles. The van der Waals surface area contributed by atoms with Crippen molar-refractivity contribution < 1.29 is 14.0 Å². The number of hydrogen-bond acceptors (Lipinski definition) is 6. The Kier molecular flexibility index (Phi) is 5.70. The predicted molar refractivity (Wildman–Crippen MR) is 99.7 cm³/mol. The number of anilines is 1. The van der Waals surface area contributed by atoms with E-state index >= 15 is 0 Å². The van der Waals surface area contributed by atoms with Crippen molar-refractivity contribution in [3.63, 3.8) is 0 Å². The second kappa shape index (κ2) is 8.16. The first-order chi connectivity index (χ1) is 12.5. The Morgan fingerprint density at radius 2 is 1.92 bits per heavy atom. The molecule has 1 amide bonds. The number of carbonyl (C=O) groups is 2. The molecule has 0 radical (unpaired) electrons. The number of aryl methyl sites for hydroxylation is 1. The molecule has 0 aliphatic carbocycles. The molecule has 1 N–H and O–H groups in total. The number of halogens is 1. The van der Waals surface area contributed by atoms with Gasteiger partial charge in [-0.05, 0) is 18.2 Å². The lowest BCUT2D eigenvalue weighted by Crippen LogP contribution is -2.17. The van der Waals surface area contributed by atoms with Crippen LogP contribution < -0.4 is 5.32 Å². The Labute approximate surface area is 159 Å². The van der Waals surface area contributed by atoms with Crippen LogP contribution in [0.3, 0.4) is 0 Å². The van der Waals surface area contributed by atoms with Gasteiger partial charge in [0.05, 0.1) is 11.4 Å². The normalized spacial score (nSPS) is 10.5. The molecule has 0 aliphatic rings. The summed E-state index contributed by atoms with van der Waals surface area (Å²) in [6, 6.07) is 13.6. The molecule has 0 spiro atoms. The molecule has 3 rings (SSSR count). The third-order valence-corrected chi connectivity index (χ3v) is 4.42. The van der Waals surface area contributed by atoms with Gasteiger partial charge in [0.25, 0.3) is 5.22 Å². The van der Waals surface area contributed by atoms with E-state index in [4.69, 9.17) is 16.0 Å². The van der Waals surface area contributed by atoms with E-state index in [1.807, 2.05) is 6.07 Å². The third-order valence-electron chi connectivity index (χ3n) is 3.37. The van der Waals surface area contributed by atoms with Crippen LogP contribution in [-0.4, -0.2) is 27.6 Å². The molecule has 0 saturated carbocycles. The van der Waals surface area contributed by atoms with E-state index in [2.05, 4.69) is 15.5 Å². The van der Waals surface area contributed by atoms with Gasteiger partial charge in [-0.2, -0.15) is 0 Å². The molecule has 0 saturated heterocycles. The summed E-state index contributed by atoms with van der Waals surface area (Å²) in [5.41, 5.74) is 1.24. The molecule has 0 bridgehead atoms. The molecule has 0 fully saturated rings. The summed E-state index contributed by atoms with van der Waals surface area (Å²) in [6.07, 6.45) is 0. The zero-order valence-corrected chi connectivity index (χ0v) is 15.3. The van der Waals surface area contributed by atoms with Crippen LogP contribution in [-0.2, 0) is 4.79 Å². The minimum atomic E-state index is -0.296. The van der Waals surface area contributed by atoms with Gasteiger partial charge in [0.2, 0.25) is 11.8 Å². The maximum atomic E-state index is 12.7. The number of ketones is 1. The van der Waals surface area contributed by atoms with Crippen LogP contribution in [0, 0.1) is 6.92 Å². The van der Waals surface area contributed by atoms with Gasteiger partial charge in [0, 0.05) is 23.1 Å². The number of nitrogens with one attached hydrogen (secondary N) is 1. The van der Waals surface area contributed by atoms with E-state index in [1.165, 1.54) is 0 Å². The SMILES string of the molecule is Cc1nnc(SCC(=O)Nc2ccc(Cl)cc2C(=O)c2ccccc2)o1. The van der Waals surface area contributed by atoms with Crippen LogP contribution in [0.25, 0.3) is 0 Å². The van der Waals surface area contributed by atoms with Crippen LogP contribution in [0.15, 0.2) is 58.2 Å². The molecule has 2 aromatic carbocycles. The molecular formula is C18H14ClN3O3S. The van der Waals surface area contributed by atoms with Crippen molar-refractivity contribution in [3.05, 3.63) is 70.6 Å². The van der Waals surface area contributed by atoms with Crippen molar-refractivity contribution in [2.45, 2.75) is 12.1 Å². The van der Waals surface area contributed by atoms with Crippen molar-refractivity contribution in [2.24, 2.45) is 0 Å². The van der Waals surface area contributed by atoms with Gasteiger partial charge in [-0.1, -0.05) is 53.7 Å². The molecule has 0 atom stereocenters. The number of aromatic nitrogens is 2. The lowest BCUT2D eigenvalue weighted by molar-refractivity contribution is -0.113. The third kappa shape index (κ3) is 4.50. The van der Waals surface area contributed by atoms with E-state index in [0.717, 1.165) is 11.8 Å². The van der Waals surface area contributed by atoms with Gasteiger partial charge in [0.15, 0.2) is 5.78 Å². The van der Waals surface area contributed by atoms with E-state index < -0.39 is 0 Å².